The molecule has 4 heterocycles. The molecule has 4 aliphatic heterocycles. The molecule has 0 unspecified atom stereocenters. The van der Waals surface area contributed by atoms with E-state index in [-0.39, 0.29) is 0 Å². The van der Waals surface area contributed by atoms with Gasteiger partial charge in [-0.25, -0.2) is 0 Å². The number of fused-ring (bicyclic) bond motifs is 3. The van der Waals surface area contributed by atoms with E-state index in [4.69, 9.17) is 28.4 Å². The standard InChI is InChI=1S/C21H32O15/c22-3-7-11(25)13(27)15(29)19(33-7)32-4-8-12(26)14(28)16(30)20(34-8)35-18-9-6(1-2-31-18)10(24)17-21(9,5-23)36-17/h1-2,6-20,22-30H,3-5H2/t6-,7-,8-,9-,10+,11+,12-,13+,14+,15-,16-,17+,18+,19+,20+,21-/m0/s1. The van der Waals surface area contributed by atoms with E-state index in [1.165, 1.54) is 6.26 Å². The lowest BCUT2D eigenvalue weighted by Crippen LogP contribution is -2.62. The third kappa shape index (κ3) is 4.17. The summed E-state index contributed by atoms with van der Waals surface area (Å²) in [7, 11) is 0. The van der Waals surface area contributed by atoms with Gasteiger partial charge in [0.25, 0.3) is 0 Å². The molecule has 1 aliphatic carbocycles. The molecule has 16 atom stereocenters. The van der Waals surface area contributed by atoms with Crippen molar-refractivity contribution >= 4 is 0 Å². The van der Waals surface area contributed by atoms with Crippen molar-refractivity contribution in [3.63, 3.8) is 0 Å². The van der Waals surface area contributed by atoms with E-state index in [1.54, 1.807) is 6.08 Å². The van der Waals surface area contributed by atoms with E-state index in [2.05, 4.69) is 0 Å². The Kier molecular flexibility index (Phi) is 7.34. The Morgan fingerprint density at radius 3 is 2.03 bits per heavy atom. The summed E-state index contributed by atoms with van der Waals surface area (Å²) in [4.78, 5) is 0. The van der Waals surface area contributed by atoms with Crippen molar-refractivity contribution in [3.8, 4) is 0 Å². The van der Waals surface area contributed by atoms with Crippen LogP contribution in [0.5, 0.6) is 0 Å². The zero-order valence-electron chi connectivity index (χ0n) is 18.9. The van der Waals surface area contributed by atoms with Gasteiger partial charge in [-0.15, -0.1) is 0 Å². The summed E-state index contributed by atoms with van der Waals surface area (Å²) in [5.41, 5.74) is -1.09. The van der Waals surface area contributed by atoms with E-state index in [1.807, 2.05) is 0 Å². The molecule has 9 N–H and O–H groups in total. The van der Waals surface area contributed by atoms with E-state index in [0.29, 0.717) is 0 Å². The quantitative estimate of drug-likeness (QED) is 0.141. The van der Waals surface area contributed by atoms with Gasteiger partial charge in [-0.2, -0.15) is 0 Å². The first-order chi connectivity index (χ1) is 17.1. The highest BCUT2D eigenvalue weighted by Gasteiger charge is 2.75. The van der Waals surface area contributed by atoms with Crippen LogP contribution in [0.4, 0.5) is 0 Å². The highest BCUT2D eigenvalue weighted by Crippen LogP contribution is 2.59. The number of rotatable bonds is 7. The van der Waals surface area contributed by atoms with Gasteiger partial charge in [-0.3, -0.25) is 0 Å². The van der Waals surface area contributed by atoms with Crippen molar-refractivity contribution in [2.24, 2.45) is 11.8 Å². The summed E-state index contributed by atoms with van der Waals surface area (Å²) in [5.74, 6) is -1.12. The molecule has 3 saturated heterocycles. The topological polar surface area (TPSA) is 241 Å². The smallest absolute Gasteiger partial charge is 0.208 e. The number of epoxide rings is 1. The van der Waals surface area contributed by atoms with Crippen LogP contribution in [0.2, 0.25) is 0 Å². The van der Waals surface area contributed by atoms with Crippen molar-refractivity contribution < 1.29 is 74.4 Å². The van der Waals surface area contributed by atoms with E-state index >= 15 is 0 Å². The summed E-state index contributed by atoms with van der Waals surface area (Å²) < 4.78 is 33.1. The molecule has 1 saturated carbocycles. The summed E-state index contributed by atoms with van der Waals surface area (Å²) in [5, 5.41) is 90.8. The van der Waals surface area contributed by atoms with Gasteiger partial charge in [0, 0.05) is 5.92 Å². The van der Waals surface area contributed by atoms with Crippen LogP contribution in [0.25, 0.3) is 0 Å². The van der Waals surface area contributed by atoms with Gasteiger partial charge in [-0.1, -0.05) is 0 Å². The van der Waals surface area contributed by atoms with Crippen molar-refractivity contribution in [2.45, 2.75) is 85.5 Å². The zero-order valence-corrected chi connectivity index (χ0v) is 18.9. The fourth-order valence-electron chi connectivity index (χ4n) is 5.56. The number of aliphatic hydroxyl groups excluding tert-OH is 9. The predicted molar refractivity (Wildman–Crippen MR) is 109 cm³/mol. The minimum absolute atomic E-state index is 0.405. The molecule has 36 heavy (non-hydrogen) atoms. The maximum Gasteiger partial charge on any atom is 0.208 e. The Bertz CT molecular complexity index is 812. The van der Waals surface area contributed by atoms with Crippen LogP contribution in [0, 0.1) is 11.8 Å². The Labute approximate surface area is 204 Å². The Morgan fingerprint density at radius 1 is 0.722 bits per heavy atom. The third-order valence-corrected chi connectivity index (χ3v) is 7.72. The van der Waals surface area contributed by atoms with E-state index in [0.717, 1.165) is 0 Å². The molecular formula is C21H32O15. The zero-order chi connectivity index (χ0) is 25.9. The van der Waals surface area contributed by atoms with Crippen LogP contribution in [-0.2, 0) is 28.4 Å². The van der Waals surface area contributed by atoms with Gasteiger partial charge < -0.3 is 74.4 Å². The normalized spacial score (nSPS) is 56.1. The van der Waals surface area contributed by atoms with Crippen LogP contribution in [0.3, 0.4) is 0 Å². The maximum atomic E-state index is 10.5. The van der Waals surface area contributed by atoms with Gasteiger partial charge >= 0.3 is 0 Å². The largest absolute Gasteiger partial charge is 0.472 e. The van der Waals surface area contributed by atoms with Crippen molar-refractivity contribution in [1.82, 2.24) is 0 Å². The van der Waals surface area contributed by atoms with Gasteiger partial charge in [-0.05, 0) is 6.08 Å². The molecule has 0 aromatic heterocycles. The summed E-state index contributed by atoms with van der Waals surface area (Å²) in [6.07, 6.45) is -15.4. The molecule has 4 fully saturated rings. The lowest BCUT2D eigenvalue weighted by atomic mass is 9.85. The first kappa shape index (κ1) is 26.6. The molecule has 0 aromatic carbocycles. The van der Waals surface area contributed by atoms with Gasteiger partial charge in [0.2, 0.25) is 6.29 Å². The van der Waals surface area contributed by atoms with E-state index < -0.39 is 117 Å². The second kappa shape index (κ2) is 9.94. The Hall–Kier alpha value is -1.02. The van der Waals surface area contributed by atoms with Crippen LogP contribution in [-0.4, -0.2) is 151 Å². The fourth-order valence-corrected chi connectivity index (χ4v) is 5.56. The Balaban J connectivity index is 1.25. The number of hydrogen-bond acceptors (Lipinski definition) is 15. The van der Waals surface area contributed by atoms with Crippen LogP contribution >= 0.6 is 0 Å². The van der Waals surface area contributed by atoms with E-state index in [9.17, 15) is 46.0 Å². The summed E-state index contributed by atoms with van der Waals surface area (Å²) in [6.45, 7) is -1.59. The number of aliphatic hydroxyl groups is 9. The van der Waals surface area contributed by atoms with Crippen LogP contribution < -0.4 is 0 Å². The monoisotopic (exact) mass is 524 g/mol. The summed E-state index contributed by atoms with van der Waals surface area (Å²) in [6, 6.07) is 0. The molecule has 0 radical (unpaired) electrons. The van der Waals surface area contributed by atoms with Gasteiger partial charge in [0.1, 0.15) is 60.5 Å². The molecule has 0 spiro atoms. The number of hydrogen-bond donors (Lipinski definition) is 9. The average Bonchev–Trinajstić information content (AvgIpc) is 3.57. The van der Waals surface area contributed by atoms with Crippen molar-refractivity contribution in [1.29, 1.82) is 0 Å². The van der Waals surface area contributed by atoms with Gasteiger partial charge in [0.15, 0.2) is 12.6 Å². The van der Waals surface area contributed by atoms with Crippen LogP contribution in [0.15, 0.2) is 12.3 Å². The van der Waals surface area contributed by atoms with Crippen molar-refractivity contribution in [3.05, 3.63) is 12.3 Å². The molecule has 5 rings (SSSR count). The van der Waals surface area contributed by atoms with Crippen LogP contribution in [0.1, 0.15) is 0 Å². The lowest BCUT2D eigenvalue weighted by Gasteiger charge is -2.44. The predicted octanol–water partition coefficient (Wildman–Crippen LogP) is -5.77. The summed E-state index contributed by atoms with van der Waals surface area (Å²) >= 11 is 0. The molecule has 5 aliphatic rings. The molecule has 0 amide bonds. The molecule has 15 nitrogen and oxygen atoms in total. The fraction of sp³-hybridized carbons (Fsp3) is 0.905. The molecule has 0 aromatic rings. The minimum Gasteiger partial charge on any atom is -0.472 e. The first-order valence-corrected chi connectivity index (χ1v) is 11.7. The minimum atomic E-state index is -1.74. The Morgan fingerprint density at radius 2 is 1.36 bits per heavy atom. The highest BCUT2D eigenvalue weighted by molar-refractivity contribution is 5.24. The highest BCUT2D eigenvalue weighted by atomic mass is 16.8. The molecule has 206 valence electrons. The number of ether oxygens (including phenoxy) is 6. The maximum absolute atomic E-state index is 10.5. The van der Waals surface area contributed by atoms with Crippen molar-refractivity contribution in [2.75, 3.05) is 19.8 Å². The molecule has 15 heteroatoms. The second-order valence-corrected chi connectivity index (χ2v) is 9.76. The SMILES string of the molecule is OC[C@@H]1O[C@@H](OC[C@@H]2O[C@H](O[C@H]3OC=C[C@@H]4[C@@H](O)[C@H]5O[C@@]5(CO)[C@H]34)[C@@H](O)[C@H](O)[C@H]2O)[C@@H](O)[C@H](O)[C@@H]1O. The first-order valence-electron chi connectivity index (χ1n) is 11.7. The average molecular weight is 524 g/mol. The second-order valence-electron chi connectivity index (χ2n) is 9.76. The lowest BCUT2D eigenvalue weighted by molar-refractivity contribution is -0.355. The molecular weight excluding hydrogens is 492 g/mol. The molecule has 0 bridgehead atoms. The van der Waals surface area contributed by atoms with Gasteiger partial charge in [0.05, 0.1) is 38.1 Å². The third-order valence-electron chi connectivity index (χ3n) is 7.72.